The molecule has 0 saturated heterocycles. The van der Waals surface area contributed by atoms with E-state index in [0.717, 1.165) is 11.3 Å². The third kappa shape index (κ3) is 3.95. The molecule has 1 aliphatic rings. The molecule has 0 bridgehead atoms. The van der Waals surface area contributed by atoms with Crippen molar-refractivity contribution >= 4 is 17.9 Å². The summed E-state index contributed by atoms with van der Waals surface area (Å²) < 4.78 is 0. The van der Waals surface area contributed by atoms with Gasteiger partial charge in [0.15, 0.2) is 0 Å². The second-order valence-electron chi connectivity index (χ2n) is 6.63. The summed E-state index contributed by atoms with van der Waals surface area (Å²) in [5.74, 6) is -0.592. The fourth-order valence-electron chi connectivity index (χ4n) is 1.93. The molecule has 1 aromatic carbocycles. The molecule has 0 N–H and O–H groups in total. The molecule has 0 spiro atoms. The lowest BCUT2D eigenvalue weighted by Crippen LogP contribution is -2.37. The molecule has 1 heterocycles. The number of nitrogens with zero attached hydrogens (tertiary/aromatic N) is 3. The van der Waals surface area contributed by atoms with Crippen molar-refractivity contribution in [1.29, 1.82) is 5.26 Å². The molecule has 1 aromatic rings. The van der Waals surface area contributed by atoms with Gasteiger partial charge in [0.05, 0.1) is 23.6 Å². The summed E-state index contributed by atoms with van der Waals surface area (Å²) in [5, 5.41) is 16.4. The Morgan fingerprint density at radius 2 is 2.09 bits per heavy atom. The summed E-state index contributed by atoms with van der Waals surface area (Å²) in [7, 11) is 0. The van der Waals surface area contributed by atoms with E-state index in [9.17, 15) is 4.79 Å². The summed E-state index contributed by atoms with van der Waals surface area (Å²) in [6.07, 6.45) is 1.78. The normalized spacial score (nSPS) is 20.7. The maximum absolute atomic E-state index is 12.2. The van der Waals surface area contributed by atoms with E-state index >= 15 is 0 Å². The highest BCUT2D eigenvalue weighted by Gasteiger charge is 2.46. The van der Waals surface area contributed by atoms with Gasteiger partial charge in [-0.2, -0.15) is 5.26 Å². The molecule has 0 aromatic heterocycles. The Kier molecular flexibility index (Phi) is 4.50. The Bertz CT molecular complexity index is 693. The van der Waals surface area contributed by atoms with Crippen LogP contribution >= 0.6 is 0 Å². The number of oxime groups is 2. The number of hydrogen-bond acceptors (Lipinski definition) is 6. The zero-order chi connectivity index (χ0) is 17.1. The first-order valence-electron chi connectivity index (χ1n) is 7.25. The first-order valence-corrected chi connectivity index (χ1v) is 7.25. The average Bonchev–Trinajstić information content (AvgIpc) is 2.92. The molecule has 1 unspecified atom stereocenters. The van der Waals surface area contributed by atoms with Crippen molar-refractivity contribution in [2.45, 2.75) is 39.7 Å². The number of rotatable bonds is 3. The van der Waals surface area contributed by atoms with Gasteiger partial charge in [0.2, 0.25) is 5.60 Å². The van der Waals surface area contributed by atoms with E-state index in [-0.39, 0.29) is 5.41 Å². The Morgan fingerprint density at radius 1 is 1.43 bits per heavy atom. The van der Waals surface area contributed by atoms with Crippen molar-refractivity contribution in [1.82, 2.24) is 0 Å². The predicted octanol–water partition coefficient (Wildman–Crippen LogP) is 3.02. The van der Waals surface area contributed by atoms with Crippen LogP contribution in [0.25, 0.3) is 0 Å². The largest absolute Gasteiger partial charge is 0.381 e. The molecular weight excluding hydrogens is 294 g/mol. The molecular formula is C17H19N3O3. The summed E-state index contributed by atoms with van der Waals surface area (Å²) in [4.78, 5) is 22.3. The lowest BCUT2D eigenvalue weighted by atomic mass is 9.84. The van der Waals surface area contributed by atoms with E-state index in [1.54, 1.807) is 31.2 Å². The van der Waals surface area contributed by atoms with Crippen LogP contribution in [0, 0.1) is 16.7 Å². The molecule has 2 rings (SSSR count). The molecule has 120 valence electrons. The van der Waals surface area contributed by atoms with Gasteiger partial charge in [-0.05, 0) is 24.6 Å². The highest BCUT2D eigenvalue weighted by molar-refractivity contribution is 5.96. The van der Waals surface area contributed by atoms with Crippen LogP contribution < -0.4 is 0 Å². The van der Waals surface area contributed by atoms with Crippen LogP contribution in [0.2, 0.25) is 0 Å². The smallest absolute Gasteiger partial charge is 0.377 e. The van der Waals surface area contributed by atoms with E-state index in [1.807, 2.05) is 26.8 Å². The monoisotopic (exact) mass is 313 g/mol. The Morgan fingerprint density at radius 3 is 2.61 bits per heavy atom. The predicted molar refractivity (Wildman–Crippen MR) is 85.8 cm³/mol. The lowest BCUT2D eigenvalue weighted by molar-refractivity contribution is -0.167. The molecule has 0 aliphatic carbocycles. The summed E-state index contributed by atoms with van der Waals surface area (Å²) in [6.45, 7) is 7.66. The number of benzene rings is 1. The average molecular weight is 313 g/mol. The van der Waals surface area contributed by atoms with Crippen molar-refractivity contribution in [2.24, 2.45) is 15.7 Å². The number of carbonyl (C=O) groups is 1. The summed E-state index contributed by atoms with van der Waals surface area (Å²) >= 11 is 0. The van der Waals surface area contributed by atoms with Crippen LogP contribution in [-0.2, 0) is 14.5 Å². The quantitative estimate of drug-likeness (QED) is 0.488. The van der Waals surface area contributed by atoms with Crippen molar-refractivity contribution in [3.63, 3.8) is 0 Å². The zero-order valence-corrected chi connectivity index (χ0v) is 13.7. The van der Waals surface area contributed by atoms with Crippen molar-refractivity contribution in [2.75, 3.05) is 0 Å². The highest BCUT2D eigenvalue weighted by atomic mass is 16.7. The maximum Gasteiger partial charge on any atom is 0.381 e. The molecule has 23 heavy (non-hydrogen) atoms. The highest BCUT2D eigenvalue weighted by Crippen LogP contribution is 2.32. The SMILES string of the molecule is CC(C)(C)C1=NOC(C)(C(=O)O/N=C/c2ccc(C#N)cc2)C1. The third-order valence-electron chi connectivity index (χ3n) is 3.54. The molecule has 6 heteroatoms. The van der Waals surface area contributed by atoms with Crippen molar-refractivity contribution in [3.8, 4) is 6.07 Å². The second-order valence-corrected chi connectivity index (χ2v) is 6.63. The van der Waals surface area contributed by atoms with Crippen LogP contribution in [0.5, 0.6) is 0 Å². The van der Waals surface area contributed by atoms with Crippen molar-refractivity contribution in [3.05, 3.63) is 35.4 Å². The first-order chi connectivity index (χ1) is 10.7. The molecule has 0 fully saturated rings. The standard InChI is InChI=1S/C17H19N3O3/c1-16(2,3)14-9-17(4,23-20-14)15(21)22-19-11-13-7-5-12(10-18)6-8-13/h5-8,11H,9H2,1-4H3/b19-11+. The Labute approximate surface area is 135 Å². The van der Waals surface area contributed by atoms with Crippen LogP contribution in [-0.4, -0.2) is 23.5 Å². The number of carbonyl (C=O) groups excluding carboxylic acids is 1. The van der Waals surface area contributed by atoms with Crippen molar-refractivity contribution < 1.29 is 14.5 Å². The van der Waals surface area contributed by atoms with E-state index < -0.39 is 11.6 Å². The maximum atomic E-state index is 12.2. The van der Waals surface area contributed by atoms with E-state index in [0.29, 0.717) is 12.0 Å². The molecule has 0 amide bonds. The van der Waals surface area contributed by atoms with Gasteiger partial charge in [-0.25, -0.2) is 4.79 Å². The fourth-order valence-corrected chi connectivity index (χ4v) is 1.93. The van der Waals surface area contributed by atoms with Crippen LogP contribution in [0.3, 0.4) is 0 Å². The third-order valence-corrected chi connectivity index (χ3v) is 3.54. The number of nitriles is 1. The summed E-state index contributed by atoms with van der Waals surface area (Å²) in [6, 6.07) is 8.77. The second kappa shape index (κ2) is 6.21. The molecule has 1 aliphatic heterocycles. The minimum absolute atomic E-state index is 0.163. The molecule has 0 radical (unpaired) electrons. The minimum Gasteiger partial charge on any atom is -0.377 e. The van der Waals surface area contributed by atoms with Crippen LogP contribution in [0.15, 0.2) is 34.6 Å². The minimum atomic E-state index is -1.15. The van der Waals surface area contributed by atoms with Gasteiger partial charge in [0, 0.05) is 11.8 Å². The molecule has 0 saturated carbocycles. The van der Waals surface area contributed by atoms with Gasteiger partial charge in [-0.3, -0.25) is 0 Å². The zero-order valence-electron chi connectivity index (χ0n) is 13.7. The van der Waals surface area contributed by atoms with E-state index in [1.165, 1.54) is 6.21 Å². The number of hydrogen-bond donors (Lipinski definition) is 0. The topological polar surface area (TPSA) is 84.0 Å². The van der Waals surface area contributed by atoms with E-state index in [4.69, 9.17) is 14.9 Å². The lowest BCUT2D eigenvalue weighted by Gasteiger charge is -2.20. The van der Waals surface area contributed by atoms with Gasteiger partial charge in [-0.1, -0.05) is 43.2 Å². The van der Waals surface area contributed by atoms with Gasteiger partial charge in [0.25, 0.3) is 0 Å². The van der Waals surface area contributed by atoms with Gasteiger partial charge < -0.3 is 9.68 Å². The van der Waals surface area contributed by atoms with Crippen LogP contribution in [0.4, 0.5) is 0 Å². The van der Waals surface area contributed by atoms with Gasteiger partial charge >= 0.3 is 5.97 Å². The van der Waals surface area contributed by atoms with Crippen LogP contribution in [0.1, 0.15) is 45.2 Å². The Balaban J connectivity index is 1.95. The summed E-state index contributed by atoms with van der Waals surface area (Å²) in [5.41, 5.74) is 0.779. The Hall–Kier alpha value is -2.68. The fraction of sp³-hybridized carbons (Fsp3) is 0.412. The van der Waals surface area contributed by atoms with Gasteiger partial charge in [0.1, 0.15) is 0 Å². The van der Waals surface area contributed by atoms with E-state index in [2.05, 4.69) is 10.3 Å². The van der Waals surface area contributed by atoms with Gasteiger partial charge in [-0.15, -0.1) is 0 Å². The molecule has 6 nitrogen and oxygen atoms in total. The first kappa shape index (κ1) is 16.7. The molecule has 1 atom stereocenters.